The lowest BCUT2D eigenvalue weighted by molar-refractivity contribution is -0.385. The topological polar surface area (TPSA) is 80.5 Å². The first kappa shape index (κ1) is 18.7. The van der Waals surface area contributed by atoms with Crippen LogP contribution in [0.3, 0.4) is 0 Å². The van der Waals surface area contributed by atoms with Crippen LogP contribution in [0.2, 0.25) is 0 Å². The molecule has 134 valence electrons. The summed E-state index contributed by atoms with van der Waals surface area (Å²) in [5.74, 6) is 0. The van der Waals surface area contributed by atoms with E-state index in [0.717, 1.165) is 41.7 Å². The monoisotopic (exact) mass is 374 g/mol. The highest BCUT2D eigenvalue weighted by Crippen LogP contribution is 2.32. The summed E-state index contributed by atoms with van der Waals surface area (Å²) in [7, 11) is -3.02. The van der Waals surface area contributed by atoms with Crippen LogP contribution < -0.4 is 4.31 Å². The molecule has 2 rings (SSSR count). The van der Waals surface area contributed by atoms with Crippen molar-refractivity contribution in [2.24, 2.45) is 0 Å². The number of anilines is 1. The van der Waals surface area contributed by atoms with Gasteiger partial charge in [-0.15, -0.1) is 0 Å². The van der Waals surface area contributed by atoms with Crippen LogP contribution in [0.5, 0.6) is 0 Å². The van der Waals surface area contributed by atoms with Crippen LogP contribution in [0.1, 0.15) is 11.1 Å². The van der Waals surface area contributed by atoms with E-state index >= 15 is 0 Å². The molecule has 0 radical (unpaired) electrons. The first-order chi connectivity index (χ1) is 11.4. The van der Waals surface area contributed by atoms with E-state index in [1.54, 1.807) is 0 Å². The van der Waals surface area contributed by atoms with Crippen LogP contribution in [-0.2, 0) is 16.2 Å². The molecule has 0 fully saturated rings. The minimum atomic E-state index is -4.54. The fraction of sp³-hybridized carbons (Fsp3) is 0.200. The van der Waals surface area contributed by atoms with Crippen molar-refractivity contribution < 1.29 is 26.5 Å². The van der Waals surface area contributed by atoms with E-state index in [-0.39, 0.29) is 16.1 Å². The molecule has 0 amide bonds. The van der Waals surface area contributed by atoms with Gasteiger partial charge in [0.15, 0.2) is 0 Å². The van der Waals surface area contributed by atoms with Crippen LogP contribution >= 0.6 is 0 Å². The SMILES string of the molecule is Cc1ccc([N+](=O)[O-])cc1S(=O)(=O)N(C)c1ccc(C(F)(F)F)cc1. The summed E-state index contributed by atoms with van der Waals surface area (Å²) in [6.45, 7) is 1.47. The van der Waals surface area contributed by atoms with E-state index < -0.39 is 32.4 Å². The summed E-state index contributed by atoms with van der Waals surface area (Å²) in [6.07, 6.45) is -4.54. The molecule has 0 aromatic heterocycles. The van der Waals surface area contributed by atoms with E-state index in [4.69, 9.17) is 0 Å². The number of non-ortho nitro benzene ring substituents is 1. The molecule has 6 nitrogen and oxygen atoms in total. The maximum Gasteiger partial charge on any atom is 0.416 e. The van der Waals surface area contributed by atoms with Crippen molar-refractivity contribution >= 4 is 21.4 Å². The van der Waals surface area contributed by atoms with Gasteiger partial charge in [-0.2, -0.15) is 13.2 Å². The van der Waals surface area contributed by atoms with E-state index in [1.807, 2.05) is 0 Å². The first-order valence-electron chi connectivity index (χ1n) is 6.86. The third kappa shape index (κ3) is 3.73. The molecule has 0 unspecified atom stereocenters. The normalized spacial score (nSPS) is 12.0. The Hall–Kier alpha value is -2.62. The second-order valence-corrected chi connectivity index (χ2v) is 7.16. The lowest BCUT2D eigenvalue weighted by atomic mass is 10.2. The number of nitro groups is 1. The lowest BCUT2D eigenvalue weighted by Crippen LogP contribution is -2.27. The number of rotatable bonds is 4. The van der Waals surface area contributed by atoms with Gasteiger partial charge in [-0.05, 0) is 36.8 Å². The predicted octanol–water partition coefficient (Wildman–Crippen LogP) is 3.75. The zero-order valence-electron chi connectivity index (χ0n) is 13.1. The maximum atomic E-state index is 12.7. The van der Waals surface area contributed by atoms with Gasteiger partial charge in [0.1, 0.15) is 0 Å². The molecule has 0 bridgehead atoms. The lowest BCUT2D eigenvalue weighted by Gasteiger charge is -2.21. The van der Waals surface area contributed by atoms with Crippen molar-refractivity contribution in [1.29, 1.82) is 0 Å². The Bertz CT molecular complexity index is 909. The minimum Gasteiger partial charge on any atom is -0.269 e. The quantitative estimate of drug-likeness (QED) is 0.603. The molecule has 25 heavy (non-hydrogen) atoms. The molecule has 0 spiro atoms. The maximum absolute atomic E-state index is 12.7. The van der Waals surface area contributed by atoms with Crippen molar-refractivity contribution in [2.75, 3.05) is 11.4 Å². The highest BCUT2D eigenvalue weighted by molar-refractivity contribution is 7.92. The van der Waals surface area contributed by atoms with Gasteiger partial charge >= 0.3 is 6.18 Å². The summed E-state index contributed by atoms with van der Waals surface area (Å²) >= 11 is 0. The standard InChI is InChI=1S/C15H13F3N2O4S/c1-10-3-6-13(20(21)22)9-14(10)25(23,24)19(2)12-7-4-11(5-8-12)15(16,17)18/h3-9H,1-2H3. The van der Waals surface area contributed by atoms with Gasteiger partial charge in [0.2, 0.25) is 0 Å². The Morgan fingerprint density at radius 3 is 2.12 bits per heavy atom. The number of hydrogen-bond acceptors (Lipinski definition) is 4. The van der Waals surface area contributed by atoms with Crippen molar-refractivity contribution in [3.63, 3.8) is 0 Å². The zero-order valence-corrected chi connectivity index (χ0v) is 13.9. The smallest absolute Gasteiger partial charge is 0.269 e. The van der Waals surface area contributed by atoms with Crippen molar-refractivity contribution in [2.45, 2.75) is 18.0 Å². The fourth-order valence-corrected chi connectivity index (χ4v) is 3.57. The van der Waals surface area contributed by atoms with Crippen molar-refractivity contribution in [3.8, 4) is 0 Å². The molecule has 10 heteroatoms. The average molecular weight is 374 g/mol. The molecule has 0 saturated carbocycles. The molecule has 0 heterocycles. The number of nitro benzene ring substituents is 1. The summed E-state index contributed by atoms with van der Waals surface area (Å²) < 4.78 is 64.0. The highest BCUT2D eigenvalue weighted by Gasteiger charge is 2.31. The molecule has 0 aliphatic rings. The Morgan fingerprint density at radius 1 is 1.08 bits per heavy atom. The van der Waals surface area contributed by atoms with Gasteiger partial charge in [0, 0.05) is 19.2 Å². The largest absolute Gasteiger partial charge is 0.416 e. The first-order valence-corrected chi connectivity index (χ1v) is 8.30. The minimum absolute atomic E-state index is 0.00101. The predicted molar refractivity (Wildman–Crippen MR) is 84.9 cm³/mol. The van der Waals surface area contributed by atoms with Crippen molar-refractivity contribution in [1.82, 2.24) is 0 Å². The van der Waals surface area contributed by atoms with Crippen LogP contribution in [0.15, 0.2) is 47.4 Å². The Kier molecular flexibility index (Phi) is 4.76. The molecule has 2 aromatic rings. The van der Waals surface area contributed by atoms with Gasteiger partial charge in [0.05, 0.1) is 21.1 Å². The number of hydrogen-bond donors (Lipinski definition) is 0. The second-order valence-electron chi connectivity index (χ2n) is 5.22. The number of halogens is 3. The molecule has 0 aliphatic carbocycles. The van der Waals surface area contributed by atoms with E-state index in [2.05, 4.69) is 0 Å². The summed E-state index contributed by atoms with van der Waals surface area (Å²) in [6, 6.07) is 6.97. The van der Waals surface area contributed by atoms with E-state index in [1.165, 1.54) is 19.1 Å². The third-order valence-corrected chi connectivity index (χ3v) is 5.51. The summed E-state index contributed by atoms with van der Waals surface area (Å²) in [5.41, 5.74) is -1.03. The van der Waals surface area contributed by atoms with Crippen LogP contribution in [-0.4, -0.2) is 20.4 Å². The number of benzene rings is 2. The Labute approximate surface area is 141 Å². The summed E-state index contributed by atoms with van der Waals surface area (Å²) in [4.78, 5) is 9.84. The number of alkyl halides is 3. The molecular weight excluding hydrogens is 361 g/mol. The van der Waals surface area contributed by atoms with E-state index in [0.29, 0.717) is 0 Å². The Balaban J connectivity index is 2.46. The second kappa shape index (κ2) is 6.36. The van der Waals surface area contributed by atoms with Gasteiger partial charge in [-0.25, -0.2) is 8.42 Å². The van der Waals surface area contributed by atoms with Gasteiger partial charge < -0.3 is 0 Å². The molecule has 0 atom stereocenters. The molecule has 0 saturated heterocycles. The van der Waals surface area contributed by atoms with Crippen LogP contribution in [0.4, 0.5) is 24.5 Å². The molecule has 0 N–H and O–H groups in total. The van der Waals surface area contributed by atoms with Crippen LogP contribution in [0.25, 0.3) is 0 Å². The highest BCUT2D eigenvalue weighted by atomic mass is 32.2. The van der Waals surface area contributed by atoms with Crippen molar-refractivity contribution in [3.05, 3.63) is 63.7 Å². The van der Waals surface area contributed by atoms with Crippen LogP contribution in [0, 0.1) is 17.0 Å². The van der Waals surface area contributed by atoms with Gasteiger partial charge in [-0.3, -0.25) is 14.4 Å². The molecule has 0 aliphatic heterocycles. The number of sulfonamides is 1. The molecular formula is C15H13F3N2O4S. The third-order valence-electron chi connectivity index (χ3n) is 3.58. The molecule has 2 aromatic carbocycles. The summed E-state index contributed by atoms with van der Waals surface area (Å²) in [5, 5.41) is 10.9. The zero-order chi connectivity index (χ0) is 19.0. The van der Waals surface area contributed by atoms with Gasteiger partial charge in [-0.1, -0.05) is 6.07 Å². The fourth-order valence-electron chi connectivity index (χ4n) is 2.13. The van der Waals surface area contributed by atoms with E-state index in [9.17, 15) is 31.7 Å². The number of aryl methyl sites for hydroxylation is 1. The number of nitrogens with zero attached hydrogens (tertiary/aromatic N) is 2. The average Bonchev–Trinajstić information content (AvgIpc) is 2.53. The Morgan fingerprint density at radius 2 is 1.64 bits per heavy atom. The van der Waals surface area contributed by atoms with Gasteiger partial charge in [0.25, 0.3) is 15.7 Å².